The van der Waals surface area contributed by atoms with Crippen LogP contribution < -0.4 is 14.8 Å². The van der Waals surface area contributed by atoms with E-state index in [2.05, 4.69) is 29.5 Å². The number of rotatable bonds is 5. The van der Waals surface area contributed by atoms with Crippen molar-refractivity contribution in [1.29, 1.82) is 0 Å². The lowest BCUT2D eigenvalue weighted by Gasteiger charge is -2.24. The predicted octanol–water partition coefficient (Wildman–Crippen LogP) is 3.38. The van der Waals surface area contributed by atoms with Gasteiger partial charge in [-0.05, 0) is 41.3 Å². The van der Waals surface area contributed by atoms with Crippen LogP contribution in [0.3, 0.4) is 0 Å². The van der Waals surface area contributed by atoms with Gasteiger partial charge in [-0.15, -0.1) is 0 Å². The molecule has 7 nitrogen and oxygen atoms in total. The molecule has 1 unspecified atom stereocenters. The molecule has 2 aliphatic rings. The van der Waals surface area contributed by atoms with Gasteiger partial charge in [-0.25, -0.2) is 0 Å². The van der Waals surface area contributed by atoms with Crippen LogP contribution in [0.4, 0.5) is 0 Å². The number of amides is 1. The first kappa shape index (κ1) is 18.7. The van der Waals surface area contributed by atoms with Crippen molar-refractivity contribution < 1.29 is 19.0 Å². The van der Waals surface area contributed by atoms with Crippen molar-refractivity contribution in [3.63, 3.8) is 0 Å². The van der Waals surface area contributed by atoms with Gasteiger partial charge in [0, 0.05) is 6.54 Å². The van der Waals surface area contributed by atoms with Crippen molar-refractivity contribution in [1.82, 2.24) is 15.1 Å². The lowest BCUT2D eigenvalue weighted by Crippen LogP contribution is -2.24. The van der Waals surface area contributed by atoms with Crippen LogP contribution in [0, 0.1) is 0 Å². The Kier molecular flexibility index (Phi) is 4.88. The number of hydrogen-bond donors (Lipinski definition) is 1. The molecule has 0 fully saturated rings. The minimum Gasteiger partial charge on any atom is -0.454 e. The molecule has 0 radical (unpaired) electrons. The van der Waals surface area contributed by atoms with Crippen LogP contribution in [-0.4, -0.2) is 22.5 Å². The Morgan fingerprint density at radius 3 is 2.73 bits per heavy atom. The molecule has 3 heterocycles. The standard InChI is InChI=1S/C23H23N3O4/c1-2-15-3-5-16(6-4-15)11-24-23(27)19-10-18-13-28-22(12-26(18)25-19)17-7-8-20-21(9-17)30-14-29-20/h3-10,22H,2,11-14H2,1H3,(H,24,27). The van der Waals surface area contributed by atoms with Gasteiger partial charge in [0.15, 0.2) is 17.2 Å². The maximum absolute atomic E-state index is 12.6. The number of carbonyl (C=O) groups is 1. The van der Waals surface area contributed by atoms with Gasteiger partial charge in [-0.2, -0.15) is 5.10 Å². The molecule has 30 heavy (non-hydrogen) atoms. The van der Waals surface area contributed by atoms with Crippen LogP contribution in [0.1, 0.15) is 45.9 Å². The summed E-state index contributed by atoms with van der Waals surface area (Å²) in [6, 6.07) is 15.9. The Hall–Kier alpha value is -3.32. The molecule has 2 aliphatic heterocycles. The first-order chi connectivity index (χ1) is 14.7. The zero-order valence-corrected chi connectivity index (χ0v) is 16.8. The summed E-state index contributed by atoms with van der Waals surface area (Å²) in [5.41, 5.74) is 4.65. The Labute approximate surface area is 174 Å². The molecule has 1 atom stereocenters. The van der Waals surface area contributed by atoms with Gasteiger partial charge in [0.2, 0.25) is 6.79 Å². The number of nitrogens with one attached hydrogen (secondary N) is 1. The van der Waals surface area contributed by atoms with Gasteiger partial charge in [0.25, 0.3) is 5.91 Å². The Bertz CT molecular complexity index is 1070. The second-order valence-electron chi connectivity index (χ2n) is 7.47. The number of benzene rings is 2. The molecule has 2 aromatic carbocycles. The molecule has 1 N–H and O–H groups in total. The van der Waals surface area contributed by atoms with Crippen LogP contribution in [0.15, 0.2) is 48.5 Å². The summed E-state index contributed by atoms with van der Waals surface area (Å²) >= 11 is 0. The highest BCUT2D eigenvalue weighted by Gasteiger charge is 2.25. The van der Waals surface area contributed by atoms with Gasteiger partial charge < -0.3 is 19.5 Å². The molecule has 5 rings (SSSR count). The largest absolute Gasteiger partial charge is 0.454 e. The minimum atomic E-state index is -0.184. The first-order valence-corrected chi connectivity index (χ1v) is 10.1. The molecule has 0 saturated carbocycles. The predicted molar refractivity (Wildman–Crippen MR) is 109 cm³/mol. The second kappa shape index (κ2) is 7.84. The van der Waals surface area contributed by atoms with Crippen LogP contribution in [0.25, 0.3) is 0 Å². The van der Waals surface area contributed by atoms with Gasteiger partial charge >= 0.3 is 0 Å². The molecule has 0 bridgehead atoms. The molecular formula is C23H23N3O4. The third-order valence-corrected chi connectivity index (χ3v) is 5.52. The van der Waals surface area contributed by atoms with E-state index in [-0.39, 0.29) is 18.8 Å². The zero-order valence-electron chi connectivity index (χ0n) is 16.8. The van der Waals surface area contributed by atoms with E-state index in [1.54, 1.807) is 6.07 Å². The topological polar surface area (TPSA) is 74.6 Å². The number of aryl methyl sites for hydroxylation is 1. The number of aromatic nitrogens is 2. The zero-order chi connectivity index (χ0) is 20.5. The fourth-order valence-corrected chi connectivity index (χ4v) is 3.72. The van der Waals surface area contributed by atoms with Crippen LogP contribution in [0.5, 0.6) is 11.5 Å². The number of nitrogens with zero attached hydrogens (tertiary/aromatic N) is 2. The van der Waals surface area contributed by atoms with E-state index in [0.29, 0.717) is 25.4 Å². The van der Waals surface area contributed by atoms with Crippen molar-refractivity contribution in [2.45, 2.75) is 39.1 Å². The third kappa shape index (κ3) is 3.64. The van der Waals surface area contributed by atoms with E-state index in [4.69, 9.17) is 14.2 Å². The molecule has 0 aliphatic carbocycles. The molecule has 1 amide bonds. The lowest BCUT2D eigenvalue weighted by molar-refractivity contribution is -0.00128. The molecule has 0 spiro atoms. The molecule has 154 valence electrons. The average Bonchev–Trinajstić information content (AvgIpc) is 3.43. The van der Waals surface area contributed by atoms with Gasteiger partial charge in [0.05, 0.1) is 18.8 Å². The average molecular weight is 405 g/mol. The molecule has 7 heteroatoms. The fourth-order valence-electron chi connectivity index (χ4n) is 3.72. The third-order valence-electron chi connectivity index (χ3n) is 5.52. The van der Waals surface area contributed by atoms with Crippen LogP contribution >= 0.6 is 0 Å². The Morgan fingerprint density at radius 2 is 1.90 bits per heavy atom. The van der Waals surface area contributed by atoms with E-state index in [1.807, 2.05) is 35.0 Å². The van der Waals surface area contributed by atoms with E-state index in [1.165, 1.54) is 5.56 Å². The quantitative estimate of drug-likeness (QED) is 0.704. The van der Waals surface area contributed by atoms with E-state index in [9.17, 15) is 4.79 Å². The van der Waals surface area contributed by atoms with E-state index >= 15 is 0 Å². The Balaban J connectivity index is 1.24. The number of carbonyl (C=O) groups excluding carboxylic acids is 1. The number of hydrogen-bond acceptors (Lipinski definition) is 5. The van der Waals surface area contributed by atoms with E-state index in [0.717, 1.165) is 34.7 Å². The summed E-state index contributed by atoms with van der Waals surface area (Å²) in [5, 5.41) is 7.45. The highest BCUT2D eigenvalue weighted by Crippen LogP contribution is 2.36. The summed E-state index contributed by atoms with van der Waals surface area (Å²) in [6.07, 6.45) is 0.849. The van der Waals surface area contributed by atoms with Crippen molar-refractivity contribution in [2.24, 2.45) is 0 Å². The smallest absolute Gasteiger partial charge is 0.272 e. The van der Waals surface area contributed by atoms with E-state index < -0.39 is 0 Å². The van der Waals surface area contributed by atoms with Gasteiger partial charge in [-0.3, -0.25) is 9.48 Å². The Morgan fingerprint density at radius 1 is 1.10 bits per heavy atom. The van der Waals surface area contributed by atoms with Crippen molar-refractivity contribution in [3.05, 3.63) is 76.6 Å². The van der Waals surface area contributed by atoms with Crippen molar-refractivity contribution in [3.8, 4) is 11.5 Å². The summed E-state index contributed by atoms with van der Waals surface area (Å²) in [6.45, 7) is 3.78. The summed E-state index contributed by atoms with van der Waals surface area (Å²) in [7, 11) is 0. The van der Waals surface area contributed by atoms with Crippen molar-refractivity contribution in [2.75, 3.05) is 6.79 Å². The fraction of sp³-hybridized carbons (Fsp3) is 0.304. The summed E-state index contributed by atoms with van der Waals surface area (Å²) in [4.78, 5) is 12.6. The first-order valence-electron chi connectivity index (χ1n) is 10.1. The van der Waals surface area contributed by atoms with Gasteiger partial charge in [0.1, 0.15) is 6.10 Å². The molecule has 3 aromatic rings. The monoisotopic (exact) mass is 405 g/mol. The maximum Gasteiger partial charge on any atom is 0.272 e. The maximum atomic E-state index is 12.6. The molecule has 1 aromatic heterocycles. The van der Waals surface area contributed by atoms with Crippen molar-refractivity contribution >= 4 is 5.91 Å². The lowest BCUT2D eigenvalue weighted by atomic mass is 10.1. The molecular weight excluding hydrogens is 382 g/mol. The normalized spacial score (nSPS) is 16.9. The second-order valence-corrected chi connectivity index (χ2v) is 7.47. The number of fused-ring (bicyclic) bond motifs is 2. The number of ether oxygens (including phenoxy) is 3. The van der Waals surface area contributed by atoms with Crippen LogP contribution in [-0.2, 0) is 30.9 Å². The highest BCUT2D eigenvalue weighted by atomic mass is 16.7. The summed E-state index contributed by atoms with van der Waals surface area (Å²) < 4.78 is 18.7. The molecule has 0 saturated heterocycles. The van der Waals surface area contributed by atoms with Crippen LogP contribution in [0.2, 0.25) is 0 Å². The highest BCUT2D eigenvalue weighted by molar-refractivity contribution is 5.92. The minimum absolute atomic E-state index is 0.153. The SMILES string of the molecule is CCc1ccc(CNC(=O)c2cc3n(n2)CC(c2ccc4c(c2)OCO4)OC3)cc1. The van der Waals surface area contributed by atoms with Gasteiger partial charge in [-0.1, -0.05) is 37.3 Å². The summed E-state index contributed by atoms with van der Waals surface area (Å²) in [5.74, 6) is 1.29.